The lowest BCUT2D eigenvalue weighted by atomic mass is 10.5. The molecule has 1 heterocycles. The highest BCUT2D eigenvalue weighted by Gasteiger charge is 2.02. The van der Waals surface area contributed by atoms with Gasteiger partial charge in [0.25, 0.3) is 0 Å². The van der Waals surface area contributed by atoms with Crippen molar-refractivity contribution in [3.05, 3.63) is 5.38 Å². The van der Waals surface area contributed by atoms with Crippen LogP contribution in [0.15, 0.2) is 5.38 Å². The molecule has 4 N–H and O–H groups in total. The maximum atomic E-state index is 8.67. The Hall–Kier alpha value is -0.900. The zero-order valence-electron chi connectivity index (χ0n) is 3.96. The third kappa shape index (κ3) is 0.586. The quantitative estimate of drug-likeness (QED) is 0.486. The number of thiophene rings is 1. The van der Waals surface area contributed by atoms with E-state index in [2.05, 4.69) is 0 Å². The van der Waals surface area contributed by atoms with E-state index in [4.69, 9.17) is 15.9 Å². The van der Waals surface area contributed by atoms with Gasteiger partial charge in [0.05, 0.1) is 0 Å². The minimum Gasteiger partial charge on any atom is -0.505 e. The lowest BCUT2D eigenvalue weighted by Crippen LogP contribution is -1.79. The first-order valence-corrected chi connectivity index (χ1v) is 2.84. The molecule has 1 aromatic heterocycles. The zero-order chi connectivity index (χ0) is 6.15. The molecule has 0 aliphatic carbocycles. The minimum atomic E-state index is -0.0486. The maximum Gasteiger partial charge on any atom is 0.198 e. The van der Waals surface area contributed by atoms with E-state index in [0.29, 0.717) is 0 Å². The van der Waals surface area contributed by atoms with Crippen LogP contribution in [0.2, 0.25) is 0 Å². The lowest BCUT2D eigenvalue weighted by molar-refractivity contribution is 0.469. The number of rotatable bonds is 0. The Labute approximate surface area is 50.0 Å². The third-order valence-electron chi connectivity index (χ3n) is 0.789. The van der Waals surface area contributed by atoms with E-state index in [1.807, 2.05) is 0 Å². The van der Waals surface area contributed by atoms with Gasteiger partial charge in [-0.3, -0.25) is 0 Å². The standard InChI is InChI=1S/C4H5NO2S/c5-3-2(6)1-8-4(3)7/h1,6-7H,5H2. The topological polar surface area (TPSA) is 66.5 Å². The summed E-state index contributed by atoms with van der Waals surface area (Å²) in [6.07, 6.45) is 0. The average molecular weight is 131 g/mol. The van der Waals surface area contributed by atoms with E-state index in [1.165, 1.54) is 5.38 Å². The molecule has 0 saturated carbocycles. The van der Waals surface area contributed by atoms with Crippen molar-refractivity contribution in [3.8, 4) is 10.8 Å². The highest BCUT2D eigenvalue weighted by atomic mass is 32.1. The fourth-order valence-electron chi connectivity index (χ4n) is 0.348. The predicted molar refractivity (Wildman–Crippen MR) is 32.1 cm³/mol. The molecule has 0 bridgehead atoms. The van der Waals surface area contributed by atoms with Gasteiger partial charge in [0.1, 0.15) is 5.69 Å². The van der Waals surface area contributed by atoms with Crippen LogP contribution in [0.5, 0.6) is 10.8 Å². The van der Waals surface area contributed by atoms with Crippen molar-refractivity contribution in [2.24, 2.45) is 0 Å². The molecule has 44 valence electrons. The molecule has 0 amide bonds. The molecule has 0 aromatic carbocycles. The van der Waals surface area contributed by atoms with Gasteiger partial charge in [-0.05, 0) is 0 Å². The van der Waals surface area contributed by atoms with E-state index < -0.39 is 0 Å². The summed E-state index contributed by atoms with van der Waals surface area (Å²) >= 11 is 1.01. The highest BCUT2D eigenvalue weighted by molar-refractivity contribution is 7.12. The molecule has 8 heavy (non-hydrogen) atoms. The summed E-state index contributed by atoms with van der Waals surface area (Å²) in [4.78, 5) is 0. The van der Waals surface area contributed by atoms with Crippen LogP contribution in [0.1, 0.15) is 0 Å². The molecule has 4 heteroatoms. The first-order valence-electron chi connectivity index (χ1n) is 1.96. The second-order valence-electron chi connectivity index (χ2n) is 1.34. The summed E-state index contributed by atoms with van der Waals surface area (Å²) in [6, 6.07) is 0. The number of nitrogen functional groups attached to an aromatic ring is 1. The fraction of sp³-hybridized carbons (Fsp3) is 0. The van der Waals surface area contributed by atoms with Crippen molar-refractivity contribution >= 4 is 17.0 Å². The van der Waals surface area contributed by atoms with Gasteiger partial charge in [-0.25, -0.2) is 0 Å². The molecule has 0 spiro atoms. The van der Waals surface area contributed by atoms with Gasteiger partial charge in [0.2, 0.25) is 0 Å². The summed E-state index contributed by atoms with van der Waals surface area (Å²) in [5.74, 6) is -0.0486. The van der Waals surface area contributed by atoms with Gasteiger partial charge in [0.15, 0.2) is 10.8 Å². The molecular weight excluding hydrogens is 126 g/mol. The van der Waals surface area contributed by atoms with Crippen LogP contribution in [0.4, 0.5) is 5.69 Å². The zero-order valence-corrected chi connectivity index (χ0v) is 4.77. The molecular formula is C4H5NO2S. The Morgan fingerprint density at radius 1 is 1.50 bits per heavy atom. The van der Waals surface area contributed by atoms with E-state index in [0.717, 1.165) is 11.3 Å². The van der Waals surface area contributed by atoms with Crippen molar-refractivity contribution in [1.82, 2.24) is 0 Å². The first kappa shape index (κ1) is 5.24. The summed E-state index contributed by atoms with van der Waals surface area (Å²) in [7, 11) is 0. The SMILES string of the molecule is Nc1c(O)csc1O. The van der Waals surface area contributed by atoms with Crippen LogP contribution in [-0.2, 0) is 0 Å². The van der Waals surface area contributed by atoms with E-state index >= 15 is 0 Å². The van der Waals surface area contributed by atoms with E-state index in [-0.39, 0.29) is 16.5 Å². The smallest absolute Gasteiger partial charge is 0.198 e. The van der Waals surface area contributed by atoms with Crippen molar-refractivity contribution in [2.75, 3.05) is 5.73 Å². The number of aromatic hydroxyl groups is 2. The first-order chi connectivity index (χ1) is 3.72. The molecule has 0 radical (unpaired) electrons. The number of anilines is 1. The number of hydrogen-bond acceptors (Lipinski definition) is 4. The minimum absolute atomic E-state index is 0.0255. The number of nitrogens with two attached hydrogens (primary N) is 1. The Morgan fingerprint density at radius 3 is 2.25 bits per heavy atom. The second kappa shape index (κ2) is 1.56. The lowest BCUT2D eigenvalue weighted by Gasteiger charge is -1.85. The van der Waals surface area contributed by atoms with Crippen LogP contribution in [-0.4, -0.2) is 10.2 Å². The van der Waals surface area contributed by atoms with Crippen molar-refractivity contribution in [2.45, 2.75) is 0 Å². The van der Waals surface area contributed by atoms with Crippen LogP contribution < -0.4 is 5.73 Å². The molecule has 0 aliphatic heterocycles. The van der Waals surface area contributed by atoms with Gasteiger partial charge in [0, 0.05) is 5.38 Å². The molecule has 0 fully saturated rings. The van der Waals surface area contributed by atoms with Crippen LogP contribution in [0.3, 0.4) is 0 Å². The van der Waals surface area contributed by atoms with Crippen molar-refractivity contribution < 1.29 is 10.2 Å². The summed E-state index contributed by atoms with van der Waals surface area (Å²) in [5, 5.41) is 18.7. The summed E-state index contributed by atoms with van der Waals surface area (Å²) < 4.78 is 0. The van der Waals surface area contributed by atoms with Gasteiger partial charge in [-0.1, -0.05) is 0 Å². The van der Waals surface area contributed by atoms with Gasteiger partial charge in [-0.2, -0.15) is 0 Å². The van der Waals surface area contributed by atoms with Crippen LogP contribution >= 0.6 is 11.3 Å². The molecule has 1 aromatic rings. The fourth-order valence-corrected chi connectivity index (χ4v) is 0.930. The normalized spacial score (nSPS) is 9.50. The number of hydrogen-bond donors (Lipinski definition) is 3. The second-order valence-corrected chi connectivity index (χ2v) is 2.20. The van der Waals surface area contributed by atoms with Crippen molar-refractivity contribution in [3.63, 3.8) is 0 Å². The monoisotopic (exact) mass is 131 g/mol. The third-order valence-corrected chi connectivity index (χ3v) is 1.57. The molecule has 3 nitrogen and oxygen atoms in total. The average Bonchev–Trinajstić information content (AvgIpc) is 1.98. The maximum absolute atomic E-state index is 8.67. The van der Waals surface area contributed by atoms with Crippen molar-refractivity contribution in [1.29, 1.82) is 0 Å². The Balaban J connectivity index is 3.19. The van der Waals surface area contributed by atoms with E-state index in [9.17, 15) is 0 Å². The van der Waals surface area contributed by atoms with Gasteiger partial charge >= 0.3 is 0 Å². The van der Waals surface area contributed by atoms with Gasteiger partial charge in [-0.15, -0.1) is 11.3 Å². The summed E-state index contributed by atoms with van der Waals surface area (Å²) in [6.45, 7) is 0. The van der Waals surface area contributed by atoms with Gasteiger partial charge < -0.3 is 15.9 Å². The predicted octanol–water partition coefficient (Wildman–Crippen LogP) is 0.742. The molecule has 0 atom stereocenters. The summed E-state index contributed by atoms with van der Waals surface area (Å²) in [5.41, 5.74) is 5.18. The Morgan fingerprint density at radius 2 is 2.12 bits per heavy atom. The van der Waals surface area contributed by atoms with Crippen LogP contribution in [0, 0.1) is 0 Å². The molecule has 0 unspecified atom stereocenters. The Kier molecular flexibility index (Phi) is 1.02. The highest BCUT2D eigenvalue weighted by Crippen LogP contribution is 2.36. The molecule has 1 rings (SSSR count). The molecule has 0 aliphatic rings. The molecule has 0 saturated heterocycles. The Bertz CT molecular complexity index is 176. The van der Waals surface area contributed by atoms with Crippen LogP contribution in [0.25, 0.3) is 0 Å². The van der Waals surface area contributed by atoms with E-state index in [1.54, 1.807) is 0 Å². The largest absolute Gasteiger partial charge is 0.505 e.